The number of carbonyl (C=O) groups excluding carboxylic acids is 2. The smallest absolute Gasteiger partial charge is 0.290 e. The van der Waals surface area contributed by atoms with Gasteiger partial charge in [-0.1, -0.05) is 12.1 Å². The number of aromatic hydroxyl groups is 1. The predicted octanol–water partition coefficient (Wildman–Crippen LogP) is 1.88. The molecule has 0 bridgehead atoms. The van der Waals surface area contributed by atoms with Crippen molar-refractivity contribution in [1.29, 1.82) is 0 Å². The summed E-state index contributed by atoms with van der Waals surface area (Å²) in [4.78, 5) is 44.8. The SMILES string of the molecule is CCN(C)C(=O)C1=Cn2c(=O)c(C(=O)NCCOC)c(O)c3ncc(Cc4ccc(F)cc4)c(c32)O1. The third-order valence-electron chi connectivity index (χ3n) is 5.83. The average molecular weight is 496 g/mol. The Morgan fingerprint density at radius 3 is 2.67 bits per heavy atom. The number of hydrogen-bond acceptors (Lipinski definition) is 7. The minimum Gasteiger partial charge on any atom is -0.505 e. The zero-order valence-corrected chi connectivity index (χ0v) is 20.0. The number of ether oxygens (including phenoxy) is 2. The zero-order chi connectivity index (χ0) is 26.0. The van der Waals surface area contributed by atoms with Gasteiger partial charge in [0, 0.05) is 45.4 Å². The predicted molar refractivity (Wildman–Crippen MR) is 129 cm³/mol. The number of pyridine rings is 2. The minimum absolute atomic E-state index is 0.0454. The lowest BCUT2D eigenvalue weighted by molar-refractivity contribution is -0.127. The van der Waals surface area contributed by atoms with Gasteiger partial charge >= 0.3 is 0 Å². The molecule has 10 nitrogen and oxygen atoms in total. The number of aromatic nitrogens is 2. The Kier molecular flexibility index (Phi) is 7.02. The van der Waals surface area contributed by atoms with Crippen LogP contribution in [0.25, 0.3) is 17.2 Å². The van der Waals surface area contributed by atoms with Crippen molar-refractivity contribution in [3.8, 4) is 11.5 Å². The molecule has 0 radical (unpaired) electrons. The van der Waals surface area contributed by atoms with E-state index in [1.165, 1.54) is 36.5 Å². The molecule has 1 aliphatic heterocycles. The van der Waals surface area contributed by atoms with Crippen LogP contribution in [0.5, 0.6) is 11.5 Å². The van der Waals surface area contributed by atoms with Gasteiger partial charge in [-0.2, -0.15) is 0 Å². The maximum atomic E-state index is 13.4. The number of likely N-dealkylation sites (N-methyl/N-ethyl adjacent to an activating group) is 1. The first-order valence-corrected chi connectivity index (χ1v) is 11.2. The number of halogens is 1. The van der Waals surface area contributed by atoms with Gasteiger partial charge in [0.25, 0.3) is 17.4 Å². The molecule has 0 saturated heterocycles. The van der Waals surface area contributed by atoms with Crippen molar-refractivity contribution < 1.29 is 28.6 Å². The lowest BCUT2D eigenvalue weighted by Crippen LogP contribution is -2.36. The quantitative estimate of drug-likeness (QED) is 0.457. The molecular weight excluding hydrogens is 471 g/mol. The van der Waals surface area contributed by atoms with Gasteiger partial charge in [0.05, 0.1) is 12.8 Å². The topological polar surface area (TPSA) is 123 Å². The summed E-state index contributed by atoms with van der Waals surface area (Å²) in [5, 5.41) is 13.4. The molecule has 1 aliphatic rings. The highest BCUT2D eigenvalue weighted by atomic mass is 19.1. The van der Waals surface area contributed by atoms with E-state index < -0.39 is 28.7 Å². The fraction of sp³-hybridized carbons (Fsp3) is 0.280. The first kappa shape index (κ1) is 24.9. The minimum atomic E-state index is -0.843. The normalized spacial score (nSPS) is 12.2. The summed E-state index contributed by atoms with van der Waals surface area (Å²) in [6.45, 7) is 2.50. The summed E-state index contributed by atoms with van der Waals surface area (Å²) in [5.74, 6) is -2.28. The standard InChI is InChI=1S/C25H25FN4O6/c1-4-29(2)24(33)17-13-30-20-19(21(31)18(25(30)34)23(32)27-9-10-35-3)28-12-15(22(20)36-17)11-14-5-7-16(26)8-6-14/h5-8,12-13,31H,4,9-11H2,1-3H3,(H,27,32). The molecule has 188 valence electrons. The number of nitrogens with zero attached hydrogens (tertiary/aromatic N) is 3. The molecule has 4 rings (SSSR count). The van der Waals surface area contributed by atoms with Crippen molar-refractivity contribution in [2.75, 3.05) is 33.9 Å². The van der Waals surface area contributed by atoms with Crippen LogP contribution < -0.4 is 15.6 Å². The number of nitrogens with one attached hydrogen (secondary N) is 1. The first-order chi connectivity index (χ1) is 17.3. The first-order valence-electron chi connectivity index (χ1n) is 11.2. The van der Waals surface area contributed by atoms with Crippen LogP contribution in [0.2, 0.25) is 0 Å². The maximum Gasteiger partial charge on any atom is 0.290 e. The summed E-state index contributed by atoms with van der Waals surface area (Å²) in [7, 11) is 3.04. The van der Waals surface area contributed by atoms with Crippen LogP contribution in [-0.2, 0) is 16.0 Å². The lowest BCUT2D eigenvalue weighted by Gasteiger charge is -2.24. The van der Waals surface area contributed by atoms with Crippen LogP contribution in [0.4, 0.5) is 4.39 Å². The number of amides is 2. The Morgan fingerprint density at radius 1 is 1.28 bits per heavy atom. The Bertz CT molecular complexity index is 1430. The zero-order valence-electron chi connectivity index (χ0n) is 20.0. The Morgan fingerprint density at radius 2 is 2.00 bits per heavy atom. The lowest BCUT2D eigenvalue weighted by atomic mass is 10.0. The second-order valence-corrected chi connectivity index (χ2v) is 8.18. The van der Waals surface area contributed by atoms with Crippen LogP contribution in [0.1, 0.15) is 28.4 Å². The van der Waals surface area contributed by atoms with Crippen LogP contribution >= 0.6 is 0 Å². The average Bonchev–Trinajstić information content (AvgIpc) is 2.88. The van der Waals surface area contributed by atoms with Gasteiger partial charge < -0.3 is 24.8 Å². The fourth-order valence-electron chi connectivity index (χ4n) is 3.79. The van der Waals surface area contributed by atoms with Crippen molar-refractivity contribution in [2.24, 2.45) is 0 Å². The van der Waals surface area contributed by atoms with Crippen molar-refractivity contribution in [2.45, 2.75) is 13.3 Å². The van der Waals surface area contributed by atoms with Crippen molar-refractivity contribution >= 4 is 29.0 Å². The molecule has 2 amide bonds. The van der Waals surface area contributed by atoms with E-state index in [1.807, 2.05) is 0 Å². The fourth-order valence-corrected chi connectivity index (χ4v) is 3.79. The molecular formula is C25H25FN4O6. The van der Waals surface area contributed by atoms with Gasteiger partial charge in [0.2, 0.25) is 5.76 Å². The van der Waals surface area contributed by atoms with E-state index in [2.05, 4.69) is 10.3 Å². The number of hydrogen-bond donors (Lipinski definition) is 2. The number of rotatable bonds is 8. The third kappa shape index (κ3) is 4.52. The van der Waals surface area contributed by atoms with Crippen molar-refractivity contribution in [3.63, 3.8) is 0 Å². The molecule has 36 heavy (non-hydrogen) atoms. The molecule has 0 atom stereocenters. The number of benzene rings is 1. The van der Waals surface area contributed by atoms with Gasteiger partial charge in [0.1, 0.15) is 22.4 Å². The molecule has 11 heteroatoms. The second-order valence-electron chi connectivity index (χ2n) is 8.18. The molecule has 0 spiro atoms. The van der Waals surface area contributed by atoms with E-state index in [0.717, 1.165) is 10.1 Å². The molecule has 2 N–H and O–H groups in total. The molecule has 0 aliphatic carbocycles. The van der Waals surface area contributed by atoms with Gasteiger partial charge in [-0.15, -0.1) is 0 Å². The molecule has 0 unspecified atom stereocenters. The molecule has 0 fully saturated rings. The second kappa shape index (κ2) is 10.2. The van der Waals surface area contributed by atoms with Gasteiger partial charge in [-0.3, -0.25) is 23.9 Å². The summed E-state index contributed by atoms with van der Waals surface area (Å²) >= 11 is 0. The van der Waals surface area contributed by atoms with Crippen LogP contribution in [0.3, 0.4) is 0 Å². The monoisotopic (exact) mass is 496 g/mol. The molecule has 2 aromatic heterocycles. The van der Waals surface area contributed by atoms with Gasteiger partial charge in [-0.05, 0) is 24.6 Å². The van der Waals surface area contributed by atoms with Gasteiger partial charge in [-0.25, -0.2) is 4.39 Å². The van der Waals surface area contributed by atoms with Crippen LogP contribution in [0.15, 0.2) is 41.0 Å². The maximum absolute atomic E-state index is 13.4. The summed E-state index contributed by atoms with van der Waals surface area (Å²) in [5.41, 5.74) is -0.0618. The van der Waals surface area contributed by atoms with E-state index in [-0.39, 0.29) is 47.9 Å². The Balaban J connectivity index is 1.92. The highest BCUT2D eigenvalue weighted by Gasteiger charge is 2.31. The largest absolute Gasteiger partial charge is 0.505 e. The van der Waals surface area contributed by atoms with E-state index in [1.54, 1.807) is 26.1 Å². The third-order valence-corrected chi connectivity index (χ3v) is 5.83. The number of carbonyl (C=O) groups is 2. The summed E-state index contributed by atoms with van der Waals surface area (Å²) in [6, 6.07) is 5.83. The molecule has 3 aromatic rings. The molecule has 1 aromatic carbocycles. The van der Waals surface area contributed by atoms with Gasteiger partial charge in [0.15, 0.2) is 11.5 Å². The van der Waals surface area contributed by atoms with E-state index in [0.29, 0.717) is 12.1 Å². The van der Waals surface area contributed by atoms with E-state index >= 15 is 0 Å². The number of methoxy groups -OCH3 is 1. The summed E-state index contributed by atoms with van der Waals surface area (Å²) in [6.07, 6.45) is 2.87. The highest BCUT2D eigenvalue weighted by Crippen LogP contribution is 2.38. The van der Waals surface area contributed by atoms with Crippen LogP contribution in [0, 0.1) is 5.82 Å². The van der Waals surface area contributed by atoms with E-state index in [4.69, 9.17) is 9.47 Å². The highest BCUT2D eigenvalue weighted by molar-refractivity contribution is 6.04. The Labute approximate surface area is 205 Å². The molecule has 3 heterocycles. The molecule has 0 saturated carbocycles. The Hall–Kier alpha value is -4.25. The van der Waals surface area contributed by atoms with Crippen molar-refractivity contribution in [3.05, 3.63) is 69.1 Å². The van der Waals surface area contributed by atoms with Crippen molar-refractivity contribution in [1.82, 2.24) is 19.8 Å². The summed E-state index contributed by atoms with van der Waals surface area (Å²) < 4.78 is 25.4. The van der Waals surface area contributed by atoms with Crippen LogP contribution in [-0.4, -0.2) is 65.2 Å². The van der Waals surface area contributed by atoms with E-state index in [9.17, 15) is 23.9 Å².